The van der Waals surface area contributed by atoms with Crippen molar-refractivity contribution < 1.29 is 26.0 Å². The largest absolute Gasteiger partial charge is 0.410 e. The smallest absolute Gasteiger partial charge is 0.211 e. The topological polar surface area (TPSA) is 37.4 Å². The first-order valence-corrected chi connectivity index (χ1v) is 8.89. The van der Waals surface area contributed by atoms with Gasteiger partial charge in [0.1, 0.15) is 5.82 Å². The second-order valence-corrected chi connectivity index (χ2v) is 7.70. The summed E-state index contributed by atoms with van der Waals surface area (Å²) in [6, 6.07) is 10.5. The third-order valence-electron chi connectivity index (χ3n) is 4.00. The first-order chi connectivity index (χ1) is 11.5. The van der Waals surface area contributed by atoms with Crippen molar-refractivity contribution in [2.45, 2.75) is 24.4 Å². The third kappa shape index (κ3) is 4.19. The van der Waals surface area contributed by atoms with Crippen molar-refractivity contribution in [1.82, 2.24) is 4.31 Å². The fourth-order valence-electron chi connectivity index (χ4n) is 2.50. The lowest BCUT2D eigenvalue weighted by molar-refractivity contribution is -0.132. The summed E-state index contributed by atoms with van der Waals surface area (Å²) >= 11 is 0. The van der Waals surface area contributed by atoms with Crippen molar-refractivity contribution in [1.29, 1.82) is 0 Å². The van der Waals surface area contributed by atoms with Gasteiger partial charge in [-0.15, -0.1) is 0 Å². The molecule has 3 nitrogen and oxygen atoms in total. The normalized spacial score (nSPS) is 15.2. The SMILES string of the molecule is C[C@@H](c1ccc(F)cc1)N(C)S(=O)(=O)[C@H](c1ccccc1)C(F)(F)F. The first-order valence-electron chi connectivity index (χ1n) is 7.39. The highest BCUT2D eigenvalue weighted by atomic mass is 32.2. The molecule has 2 aromatic carbocycles. The van der Waals surface area contributed by atoms with Gasteiger partial charge in [-0.1, -0.05) is 42.5 Å². The molecule has 0 N–H and O–H groups in total. The first kappa shape index (κ1) is 19.4. The Labute approximate surface area is 143 Å². The molecular formula is C17H17F4NO2S. The minimum atomic E-state index is -4.98. The van der Waals surface area contributed by atoms with Gasteiger partial charge < -0.3 is 0 Å². The van der Waals surface area contributed by atoms with Gasteiger partial charge in [0, 0.05) is 13.1 Å². The van der Waals surface area contributed by atoms with Crippen molar-refractivity contribution >= 4 is 10.0 Å². The summed E-state index contributed by atoms with van der Waals surface area (Å²) < 4.78 is 79.6. The van der Waals surface area contributed by atoms with Crippen molar-refractivity contribution in [2.24, 2.45) is 0 Å². The molecular weight excluding hydrogens is 358 g/mol. The van der Waals surface area contributed by atoms with Crippen LogP contribution in [0.3, 0.4) is 0 Å². The van der Waals surface area contributed by atoms with Gasteiger partial charge in [0.15, 0.2) is 5.25 Å². The molecule has 8 heteroatoms. The maximum atomic E-state index is 13.5. The van der Waals surface area contributed by atoms with Crippen molar-refractivity contribution in [2.75, 3.05) is 7.05 Å². The molecule has 25 heavy (non-hydrogen) atoms. The number of nitrogens with zero attached hydrogens (tertiary/aromatic N) is 1. The Morgan fingerprint density at radius 2 is 1.44 bits per heavy atom. The van der Waals surface area contributed by atoms with E-state index in [0.717, 1.165) is 31.3 Å². The molecule has 0 radical (unpaired) electrons. The molecule has 0 amide bonds. The fraction of sp³-hybridized carbons (Fsp3) is 0.294. The summed E-state index contributed by atoms with van der Waals surface area (Å²) in [5.74, 6) is -0.515. The van der Waals surface area contributed by atoms with E-state index in [0.29, 0.717) is 9.87 Å². The van der Waals surface area contributed by atoms with Gasteiger partial charge in [-0.2, -0.15) is 17.5 Å². The van der Waals surface area contributed by atoms with E-state index in [1.807, 2.05) is 0 Å². The highest BCUT2D eigenvalue weighted by molar-refractivity contribution is 7.89. The summed E-state index contributed by atoms with van der Waals surface area (Å²) in [6.07, 6.45) is -4.98. The van der Waals surface area contributed by atoms with Gasteiger partial charge >= 0.3 is 6.18 Å². The highest BCUT2D eigenvalue weighted by Crippen LogP contribution is 2.42. The summed E-state index contributed by atoms with van der Waals surface area (Å²) in [6.45, 7) is 1.45. The monoisotopic (exact) mass is 375 g/mol. The van der Waals surface area contributed by atoms with Crippen LogP contribution in [0.15, 0.2) is 54.6 Å². The molecule has 0 spiro atoms. The second-order valence-electron chi connectivity index (χ2n) is 5.62. The third-order valence-corrected chi connectivity index (χ3v) is 6.25. The summed E-state index contributed by atoms with van der Waals surface area (Å²) in [5.41, 5.74) is 0.0367. The average molecular weight is 375 g/mol. The van der Waals surface area contributed by atoms with Crippen molar-refractivity contribution in [3.8, 4) is 0 Å². The van der Waals surface area contributed by atoms with E-state index < -0.39 is 33.3 Å². The molecule has 2 rings (SSSR count). The van der Waals surface area contributed by atoms with Crippen LogP contribution < -0.4 is 0 Å². The van der Waals surface area contributed by atoms with Gasteiger partial charge in [0.2, 0.25) is 10.0 Å². The maximum Gasteiger partial charge on any atom is 0.410 e. The molecule has 0 aliphatic carbocycles. The van der Waals surface area contributed by atoms with E-state index >= 15 is 0 Å². The Balaban J connectivity index is 2.44. The molecule has 0 saturated heterocycles. The van der Waals surface area contributed by atoms with E-state index in [1.165, 1.54) is 37.3 Å². The predicted octanol–water partition coefficient (Wildman–Crippen LogP) is 4.45. The lowest BCUT2D eigenvalue weighted by atomic mass is 10.1. The van der Waals surface area contributed by atoms with Crippen LogP contribution in [0.2, 0.25) is 0 Å². The highest BCUT2D eigenvalue weighted by Gasteiger charge is 2.51. The molecule has 0 unspecified atom stereocenters. The Hall–Kier alpha value is -1.93. The van der Waals surface area contributed by atoms with E-state index in [2.05, 4.69) is 0 Å². The number of hydrogen-bond acceptors (Lipinski definition) is 2. The number of benzene rings is 2. The Kier molecular flexibility index (Phi) is 5.53. The van der Waals surface area contributed by atoms with Crippen LogP contribution in [-0.4, -0.2) is 25.9 Å². The number of rotatable bonds is 5. The Bertz CT molecular complexity index is 805. The quantitative estimate of drug-likeness (QED) is 0.724. The second kappa shape index (κ2) is 7.13. The number of alkyl halides is 3. The van der Waals surface area contributed by atoms with E-state index in [-0.39, 0.29) is 5.56 Å². The van der Waals surface area contributed by atoms with Gasteiger partial charge in [0.05, 0.1) is 0 Å². The standard InChI is InChI=1S/C17H17F4NO2S/c1-12(13-8-10-15(18)11-9-13)22(2)25(23,24)16(17(19,20)21)14-6-4-3-5-7-14/h3-12,16H,1-2H3/t12-,16+/m0/s1. The molecule has 136 valence electrons. The summed E-state index contributed by atoms with van der Waals surface area (Å²) in [4.78, 5) is 0. The molecule has 0 fully saturated rings. The summed E-state index contributed by atoms with van der Waals surface area (Å²) in [5, 5.41) is -2.67. The number of hydrogen-bond donors (Lipinski definition) is 0. The number of sulfonamides is 1. The van der Waals surface area contributed by atoms with E-state index in [4.69, 9.17) is 0 Å². The Morgan fingerprint density at radius 1 is 0.920 bits per heavy atom. The van der Waals surface area contributed by atoms with Crippen LogP contribution in [0.4, 0.5) is 17.6 Å². The van der Waals surface area contributed by atoms with Gasteiger partial charge in [-0.05, 0) is 30.2 Å². The van der Waals surface area contributed by atoms with Gasteiger partial charge in [-0.25, -0.2) is 12.8 Å². The van der Waals surface area contributed by atoms with Crippen molar-refractivity contribution in [3.05, 3.63) is 71.5 Å². The van der Waals surface area contributed by atoms with Crippen LogP contribution in [0.25, 0.3) is 0 Å². The maximum absolute atomic E-state index is 13.5. The average Bonchev–Trinajstić information content (AvgIpc) is 2.53. The van der Waals surface area contributed by atoms with Crippen LogP contribution in [0, 0.1) is 5.82 Å². The molecule has 0 saturated carbocycles. The molecule has 0 aromatic heterocycles. The molecule has 0 aliphatic heterocycles. The van der Waals surface area contributed by atoms with Crippen LogP contribution in [-0.2, 0) is 10.0 Å². The van der Waals surface area contributed by atoms with E-state index in [9.17, 15) is 26.0 Å². The minimum absolute atomic E-state index is 0.354. The zero-order valence-electron chi connectivity index (χ0n) is 13.5. The van der Waals surface area contributed by atoms with Crippen LogP contribution in [0.5, 0.6) is 0 Å². The van der Waals surface area contributed by atoms with Crippen molar-refractivity contribution in [3.63, 3.8) is 0 Å². The van der Waals surface area contributed by atoms with Gasteiger partial charge in [-0.3, -0.25) is 0 Å². The Morgan fingerprint density at radius 3 is 1.92 bits per heavy atom. The molecule has 2 aromatic rings. The zero-order chi connectivity index (χ0) is 18.8. The molecule has 0 aliphatic rings. The molecule has 2 atom stereocenters. The lowest BCUT2D eigenvalue weighted by Crippen LogP contribution is -2.39. The predicted molar refractivity (Wildman–Crippen MR) is 86.7 cm³/mol. The van der Waals surface area contributed by atoms with Crippen LogP contribution in [0.1, 0.15) is 29.3 Å². The van der Waals surface area contributed by atoms with E-state index in [1.54, 1.807) is 0 Å². The zero-order valence-corrected chi connectivity index (χ0v) is 14.4. The van der Waals surface area contributed by atoms with Gasteiger partial charge in [0.25, 0.3) is 0 Å². The lowest BCUT2D eigenvalue weighted by Gasteiger charge is -2.30. The van der Waals surface area contributed by atoms with Crippen LogP contribution >= 0.6 is 0 Å². The molecule has 0 bridgehead atoms. The summed E-state index contributed by atoms with van der Waals surface area (Å²) in [7, 11) is -3.67. The number of halogens is 4. The minimum Gasteiger partial charge on any atom is -0.211 e. The fourth-order valence-corrected chi connectivity index (χ4v) is 4.23. The molecule has 0 heterocycles.